The van der Waals surface area contributed by atoms with Crippen molar-refractivity contribution in [3.05, 3.63) is 71.0 Å². The standard InChI is InChI=1S/C26H29FN2O6S/c1-35-17-5-16-29-23(18-6-10-20(27)11-7-18)22(25(31)26(29)32)24(30)19-8-12-21(13-9-19)36(33,34)28-14-3-2-4-15-28/h6-13,23,30H,2-5,14-17H2,1H3/b24-22-. The summed E-state index contributed by atoms with van der Waals surface area (Å²) in [4.78, 5) is 27.4. The quantitative estimate of drug-likeness (QED) is 0.249. The number of hydrogen-bond acceptors (Lipinski definition) is 6. The highest BCUT2D eigenvalue weighted by molar-refractivity contribution is 7.89. The van der Waals surface area contributed by atoms with Gasteiger partial charge in [0, 0.05) is 38.9 Å². The molecule has 0 aliphatic carbocycles. The van der Waals surface area contributed by atoms with E-state index in [4.69, 9.17) is 4.74 Å². The molecule has 2 aliphatic heterocycles. The Morgan fingerprint density at radius 1 is 1.03 bits per heavy atom. The minimum absolute atomic E-state index is 0.0936. The van der Waals surface area contributed by atoms with Crippen molar-refractivity contribution in [1.29, 1.82) is 0 Å². The Morgan fingerprint density at radius 2 is 1.67 bits per heavy atom. The fourth-order valence-corrected chi connectivity index (χ4v) is 6.19. The molecule has 0 bridgehead atoms. The Hall–Kier alpha value is -3.08. The van der Waals surface area contributed by atoms with Crippen molar-refractivity contribution in [2.24, 2.45) is 0 Å². The van der Waals surface area contributed by atoms with Crippen molar-refractivity contribution in [1.82, 2.24) is 9.21 Å². The Morgan fingerprint density at radius 3 is 2.28 bits per heavy atom. The summed E-state index contributed by atoms with van der Waals surface area (Å²) >= 11 is 0. The maximum Gasteiger partial charge on any atom is 0.295 e. The van der Waals surface area contributed by atoms with Crippen LogP contribution in [0.1, 0.15) is 42.9 Å². The molecule has 0 saturated carbocycles. The summed E-state index contributed by atoms with van der Waals surface area (Å²) in [6, 6.07) is 10.1. The zero-order chi connectivity index (χ0) is 25.9. The highest BCUT2D eigenvalue weighted by atomic mass is 32.2. The van der Waals surface area contributed by atoms with Crippen LogP contribution in [0.4, 0.5) is 4.39 Å². The van der Waals surface area contributed by atoms with E-state index in [0.717, 1.165) is 19.3 Å². The molecule has 2 heterocycles. The zero-order valence-electron chi connectivity index (χ0n) is 20.0. The molecule has 1 amide bonds. The number of hydrogen-bond donors (Lipinski definition) is 1. The molecule has 0 aromatic heterocycles. The topological polar surface area (TPSA) is 104 Å². The van der Waals surface area contributed by atoms with Crippen LogP contribution in [0.3, 0.4) is 0 Å². The number of amides is 1. The van der Waals surface area contributed by atoms with E-state index in [1.165, 1.54) is 64.8 Å². The average molecular weight is 517 g/mol. The van der Waals surface area contributed by atoms with Crippen molar-refractivity contribution >= 4 is 27.5 Å². The molecule has 0 spiro atoms. The van der Waals surface area contributed by atoms with E-state index in [-0.39, 0.29) is 22.6 Å². The summed E-state index contributed by atoms with van der Waals surface area (Å²) in [7, 11) is -2.14. The van der Waals surface area contributed by atoms with Crippen LogP contribution < -0.4 is 0 Å². The summed E-state index contributed by atoms with van der Waals surface area (Å²) in [6.07, 6.45) is 3.08. The predicted octanol–water partition coefficient (Wildman–Crippen LogP) is 3.46. The monoisotopic (exact) mass is 516 g/mol. The number of benzene rings is 2. The molecule has 192 valence electrons. The average Bonchev–Trinajstić information content (AvgIpc) is 3.14. The number of sulfonamides is 1. The van der Waals surface area contributed by atoms with Crippen LogP contribution in [0.5, 0.6) is 0 Å². The number of aliphatic hydroxyl groups excluding tert-OH is 1. The van der Waals surface area contributed by atoms with Gasteiger partial charge in [0.2, 0.25) is 10.0 Å². The van der Waals surface area contributed by atoms with Gasteiger partial charge in [0.25, 0.3) is 11.7 Å². The minimum Gasteiger partial charge on any atom is -0.507 e. The normalized spacial score (nSPS) is 20.7. The molecule has 0 radical (unpaired) electrons. The molecule has 2 saturated heterocycles. The number of rotatable bonds is 8. The van der Waals surface area contributed by atoms with Gasteiger partial charge in [-0.25, -0.2) is 12.8 Å². The molecule has 1 N–H and O–H groups in total. The second-order valence-corrected chi connectivity index (χ2v) is 10.8. The molecule has 4 rings (SSSR count). The number of halogens is 1. The van der Waals surface area contributed by atoms with Gasteiger partial charge in [-0.3, -0.25) is 9.59 Å². The summed E-state index contributed by atoms with van der Waals surface area (Å²) < 4.78 is 46.0. The molecule has 10 heteroatoms. The maximum absolute atomic E-state index is 13.6. The van der Waals surface area contributed by atoms with E-state index in [0.29, 0.717) is 31.7 Å². The van der Waals surface area contributed by atoms with E-state index >= 15 is 0 Å². The molecule has 2 fully saturated rings. The third kappa shape index (κ3) is 5.07. The first-order valence-corrected chi connectivity index (χ1v) is 13.3. The van der Waals surface area contributed by atoms with Crippen molar-refractivity contribution < 1.29 is 32.2 Å². The predicted molar refractivity (Wildman–Crippen MR) is 131 cm³/mol. The van der Waals surface area contributed by atoms with Crippen LogP contribution in [-0.2, 0) is 24.3 Å². The van der Waals surface area contributed by atoms with Gasteiger partial charge in [0.15, 0.2) is 0 Å². The SMILES string of the molecule is COCCCN1C(=O)C(=O)/C(=C(\O)c2ccc(S(=O)(=O)N3CCCCC3)cc2)C1c1ccc(F)cc1. The fourth-order valence-electron chi connectivity index (χ4n) is 4.68. The lowest BCUT2D eigenvalue weighted by Gasteiger charge is -2.26. The molecular weight excluding hydrogens is 487 g/mol. The van der Waals surface area contributed by atoms with Crippen molar-refractivity contribution in [2.45, 2.75) is 36.6 Å². The lowest BCUT2D eigenvalue weighted by atomic mass is 9.95. The summed E-state index contributed by atoms with van der Waals surface area (Å²) in [5.74, 6) is -2.52. The highest BCUT2D eigenvalue weighted by Crippen LogP contribution is 2.39. The summed E-state index contributed by atoms with van der Waals surface area (Å²) in [5.41, 5.74) is 0.545. The van der Waals surface area contributed by atoms with Gasteiger partial charge in [-0.2, -0.15) is 4.31 Å². The number of aliphatic hydroxyl groups is 1. The molecule has 2 aromatic rings. The molecule has 8 nitrogen and oxygen atoms in total. The number of carbonyl (C=O) groups is 2. The number of ketones is 1. The first-order valence-electron chi connectivity index (χ1n) is 11.9. The third-order valence-electron chi connectivity index (χ3n) is 6.55. The number of likely N-dealkylation sites (tertiary alicyclic amines) is 1. The number of carbonyl (C=O) groups excluding carboxylic acids is 2. The van der Waals surface area contributed by atoms with E-state index < -0.39 is 39.3 Å². The van der Waals surface area contributed by atoms with Crippen LogP contribution in [-0.4, -0.2) is 67.8 Å². The van der Waals surface area contributed by atoms with E-state index in [9.17, 15) is 27.5 Å². The van der Waals surface area contributed by atoms with Gasteiger partial charge in [-0.05, 0) is 61.2 Å². The number of Topliss-reactive ketones (excluding diaryl/α,β-unsaturated/α-hetero) is 1. The Balaban J connectivity index is 1.71. The van der Waals surface area contributed by atoms with Gasteiger partial charge < -0.3 is 14.7 Å². The van der Waals surface area contributed by atoms with Crippen LogP contribution in [0.15, 0.2) is 59.0 Å². The fraction of sp³-hybridized carbons (Fsp3) is 0.385. The van der Waals surface area contributed by atoms with Gasteiger partial charge >= 0.3 is 0 Å². The second-order valence-electron chi connectivity index (χ2n) is 8.88. The number of methoxy groups -OCH3 is 1. The largest absolute Gasteiger partial charge is 0.507 e. The maximum atomic E-state index is 13.6. The number of piperidine rings is 1. The van der Waals surface area contributed by atoms with E-state index in [1.807, 2.05) is 0 Å². The van der Waals surface area contributed by atoms with Crippen LogP contribution in [0.25, 0.3) is 5.76 Å². The van der Waals surface area contributed by atoms with Crippen molar-refractivity contribution in [3.63, 3.8) is 0 Å². The lowest BCUT2D eigenvalue weighted by Crippen LogP contribution is -2.35. The molecule has 1 atom stereocenters. The molecule has 1 unspecified atom stereocenters. The molecule has 2 aliphatic rings. The van der Waals surface area contributed by atoms with Gasteiger partial charge in [-0.1, -0.05) is 18.6 Å². The van der Waals surface area contributed by atoms with E-state index in [1.54, 1.807) is 0 Å². The number of ether oxygens (including phenoxy) is 1. The van der Waals surface area contributed by atoms with Gasteiger partial charge in [-0.15, -0.1) is 0 Å². The van der Waals surface area contributed by atoms with Crippen LogP contribution >= 0.6 is 0 Å². The lowest BCUT2D eigenvalue weighted by molar-refractivity contribution is -0.140. The van der Waals surface area contributed by atoms with Crippen molar-refractivity contribution in [3.8, 4) is 0 Å². The Labute approximate surface area is 210 Å². The molecule has 36 heavy (non-hydrogen) atoms. The third-order valence-corrected chi connectivity index (χ3v) is 8.47. The van der Waals surface area contributed by atoms with Crippen LogP contribution in [0.2, 0.25) is 0 Å². The number of nitrogens with zero attached hydrogens (tertiary/aromatic N) is 2. The minimum atomic E-state index is -3.66. The Kier molecular flexibility index (Phi) is 7.87. The first kappa shape index (κ1) is 26.0. The second kappa shape index (κ2) is 10.9. The van der Waals surface area contributed by atoms with E-state index in [2.05, 4.69) is 0 Å². The molecule has 2 aromatic carbocycles. The Bertz CT molecular complexity index is 1250. The van der Waals surface area contributed by atoms with Gasteiger partial charge in [0.1, 0.15) is 11.6 Å². The van der Waals surface area contributed by atoms with Crippen molar-refractivity contribution in [2.75, 3.05) is 33.4 Å². The smallest absolute Gasteiger partial charge is 0.295 e. The summed E-state index contributed by atoms with van der Waals surface area (Å²) in [6.45, 7) is 1.50. The summed E-state index contributed by atoms with van der Waals surface area (Å²) in [5, 5.41) is 11.1. The first-order chi connectivity index (χ1) is 17.3. The zero-order valence-corrected chi connectivity index (χ0v) is 20.8. The van der Waals surface area contributed by atoms with Gasteiger partial charge in [0.05, 0.1) is 16.5 Å². The van der Waals surface area contributed by atoms with Crippen LogP contribution in [0, 0.1) is 5.82 Å². The molecular formula is C26H29FN2O6S. The highest BCUT2D eigenvalue weighted by Gasteiger charge is 2.45.